The Morgan fingerprint density at radius 2 is 2.05 bits per heavy atom. The van der Waals surface area contributed by atoms with Crippen LogP contribution in [0.25, 0.3) is 0 Å². The Morgan fingerprint density at radius 3 is 2.68 bits per heavy atom. The molecule has 1 amide bonds. The maximum Gasteiger partial charge on any atom is 0.422 e. The van der Waals surface area contributed by atoms with E-state index in [9.17, 15) is 26.4 Å². The smallest absolute Gasteiger partial charge is 0.422 e. The molecule has 1 aliphatic rings. The fourth-order valence-corrected chi connectivity index (χ4v) is 3.46. The average Bonchev–Trinajstić information content (AvgIpc) is 2.44. The van der Waals surface area contributed by atoms with Crippen LogP contribution in [0.1, 0.15) is 23.3 Å². The summed E-state index contributed by atoms with van der Waals surface area (Å²) in [4.78, 5) is 15.8. The van der Waals surface area contributed by atoms with Crippen molar-refractivity contribution in [1.29, 1.82) is 0 Å². The number of nitrogens with zero attached hydrogens (tertiary/aromatic N) is 2. The molecule has 0 saturated carbocycles. The van der Waals surface area contributed by atoms with Gasteiger partial charge in [0.05, 0.1) is 5.75 Å². The van der Waals surface area contributed by atoms with Crippen LogP contribution in [0.2, 0.25) is 0 Å². The van der Waals surface area contributed by atoms with Crippen molar-refractivity contribution in [3.63, 3.8) is 0 Å². The average molecular weight is 338 g/mol. The van der Waals surface area contributed by atoms with E-state index in [0.29, 0.717) is 17.1 Å². The first kappa shape index (κ1) is 16.5. The Kier molecular flexibility index (Phi) is 4.59. The molecule has 1 saturated heterocycles. The molecule has 10 heteroatoms. The summed E-state index contributed by atoms with van der Waals surface area (Å²) in [5.41, 5.74) is -0.273. The van der Waals surface area contributed by atoms with E-state index < -0.39 is 34.6 Å². The Bertz CT molecular complexity index is 661. The number of amides is 1. The Balaban J connectivity index is 2.16. The van der Waals surface area contributed by atoms with Crippen LogP contribution in [0.3, 0.4) is 0 Å². The van der Waals surface area contributed by atoms with Gasteiger partial charge in [-0.3, -0.25) is 4.79 Å². The van der Waals surface area contributed by atoms with E-state index in [2.05, 4.69) is 9.72 Å². The van der Waals surface area contributed by atoms with Gasteiger partial charge in [0.15, 0.2) is 6.61 Å². The zero-order valence-electron chi connectivity index (χ0n) is 11.3. The first-order valence-corrected chi connectivity index (χ1v) is 8.01. The molecule has 22 heavy (non-hydrogen) atoms. The van der Waals surface area contributed by atoms with Gasteiger partial charge < -0.3 is 4.74 Å². The summed E-state index contributed by atoms with van der Waals surface area (Å²) >= 11 is 0. The van der Waals surface area contributed by atoms with Crippen LogP contribution < -0.4 is 4.74 Å². The fraction of sp³-hybridized carbons (Fsp3) is 0.500. The first-order valence-electron chi connectivity index (χ1n) is 6.40. The number of halogens is 3. The lowest BCUT2D eigenvalue weighted by Crippen LogP contribution is -2.42. The maximum atomic E-state index is 12.2. The van der Waals surface area contributed by atoms with E-state index in [1.54, 1.807) is 0 Å². The lowest BCUT2D eigenvalue weighted by Gasteiger charge is -2.26. The summed E-state index contributed by atoms with van der Waals surface area (Å²) < 4.78 is 65.1. The van der Waals surface area contributed by atoms with Gasteiger partial charge in [0.1, 0.15) is 5.69 Å². The second-order valence-corrected chi connectivity index (χ2v) is 6.68. The summed E-state index contributed by atoms with van der Waals surface area (Å²) in [7, 11) is -3.70. The molecule has 1 aromatic rings. The third-order valence-corrected chi connectivity index (χ3v) is 4.73. The highest BCUT2D eigenvalue weighted by Gasteiger charge is 2.32. The highest BCUT2D eigenvalue weighted by Crippen LogP contribution is 2.19. The minimum absolute atomic E-state index is 0.0382. The second kappa shape index (κ2) is 6.11. The molecule has 0 N–H and O–H groups in total. The maximum absolute atomic E-state index is 12.2. The molecule has 0 aromatic carbocycles. The molecule has 0 aliphatic carbocycles. The molecule has 0 radical (unpaired) electrons. The van der Waals surface area contributed by atoms with E-state index in [0.717, 1.165) is 6.07 Å². The van der Waals surface area contributed by atoms with Crippen molar-refractivity contribution in [3.8, 4) is 5.88 Å². The molecular formula is C12H13F3N2O4S. The first-order chi connectivity index (χ1) is 10.2. The normalized spacial score (nSPS) is 18.0. The predicted octanol–water partition coefficient (Wildman–Crippen LogP) is 1.59. The zero-order chi connectivity index (χ0) is 16.4. The number of sulfonamides is 1. The standard InChI is InChI=1S/C12H13F3N2O4S/c13-12(14,15)8-21-10-5-3-4-9(16-10)11(18)17-6-1-2-7-22(17,19)20/h3-5H,1-2,6-8H2. The summed E-state index contributed by atoms with van der Waals surface area (Å²) in [6.45, 7) is -1.50. The molecular weight excluding hydrogens is 325 g/mol. The molecule has 6 nitrogen and oxygen atoms in total. The molecule has 0 spiro atoms. The monoisotopic (exact) mass is 338 g/mol. The summed E-state index contributed by atoms with van der Waals surface area (Å²) in [6.07, 6.45) is -3.53. The van der Waals surface area contributed by atoms with Crippen LogP contribution in [0, 0.1) is 0 Å². The second-order valence-electron chi connectivity index (χ2n) is 4.67. The SMILES string of the molecule is O=C(c1cccc(OCC(F)(F)F)n1)N1CCCCS1(=O)=O. The minimum atomic E-state index is -4.53. The Hall–Kier alpha value is -1.84. The van der Waals surface area contributed by atoms with E-state index in [4.69, 9.17) is 0 Å². The zero-order valence-corrected chi connectivity index (χ0v) is 12.2. The van der Waals surface area contributed by atoms with Crippen LogP contribution in [0.15, 0.2) is 18.2 Å². The number of alkyl halides is 3. The molecule has 1 fully saturated rings. The molecule has 2 heterocycles. The van der Waals surface area contributed by atoms with Crippen molar-refractivity contribution < 1.29 is 31.1 Å². The van der Waals surface area contributed by atoms with Gasteiger partial charge in [0.25, 0.3) is 5.91 Å². The predicted molar refractivity (Wildman–Crippen MR) is 69.8 cm³/mol. The number of pyridine rings is 1. The Labute approximate surface area is 124 Å². The lowest BCUT2D eigenvalue weighted by molar-refractivity contribution is -0.154. The van der Waals surface area contributed by atoms with Crippen molar-refractivity contribution in [2.75, 3.05) is 18.9 Å². The third kappa shape index (κ3) is 4.09. The van der Waals surface area contributed by atoms with Crippen LogP contribution in [-0.2, 0) is 10.0 Å². The molecule has 0 bridgehead atoms. The number of hydrogen-bond donors (Lipinski definition) is 0. The van der Waals surface area contributed by atoms with E-state index >= 15 is 0 Å². The number of carbonyl (C=O) groups excluding carboxylic acids is 1. The van der Waals surface area contributed by atoms with Crippen molar-refractivity contribution in [3.05, 3.63) is 23.9 Å². The van der Waals surface area contributed by atoms with Gasteiger partial charge in [-0.15, -0.1) is 0 Å². The largest absolute Gasteiger partial charge is 0.468 e. The number of aromatic nitrogens is 1. The fourth-order valence-electron chi connectivity index (χ4n) is 1.91. The minimum Gasteiger partial charge on any atom is -0.468 e. The van der Waals surface area contributed by atoms with Gasteiger partial charge in [0, 0.05) is 12.6 Å². The van der Waals surface area contributed by atoms with Gasteiger partial charge in [-0.2, -0.15) is 13.2 Å². The van der Waals surface area contributed by atoms with Gasteiger partial charge in [0.2, 0.25) is 15.9 Å². The lowest BCUT2D eigenvalue weighted by atomic mass is 10.3. The van der Waals surface area contributed by atoms with Crippen molar-refractivity contribution in [1.82, 2.24) is 9.29 Å². The van der Waals surface area contributed by atoms with E-state index in [1.165, 1.54) is 12.1 Å². The van der Waals surface area contributed by atoms with Crippen molar-refractivity contribution in [2.24, 2.45) is 0 Å². The van der Waals surface area contributed by atoms with Gasteiger partial charge in [-0.25, -0.2) is 17.7 Å². The van der Waals surface area contributed by atoms with Crippen molar-refractivity contribution in [2.45, 2.75) is 19.0 Å². The van der Waals surface area contributed by atoms with Gasteiger partial charge in [-0.05, 0) is 18.9 Å². The topological polar surface area (TPSA) is 76.6 Å². The highest BCUT2D eigenvalue weighted by molar-refractivity contribution is 7.89. The quantitative estimate of drug-likeness (QED) is 0.836. The number of carbonyl (C=O) groups is 1. The number of rotatable bonds is 3. The molecule has 0 unspecified atom stereocenters. The summed E-state index contributed by atoms with van der Waals surface area (Å²) in [5, 5.41) is 0. The van der Waals surface area contributed by atoms with Crippen LogP contribution >= 0.6 is 0 Å². The number of hydrogen-bond acceptors (Lipinski definition) is 5. The van der Waals surface area contributed by atoms with Crippen LogP contribution in [0.5, 0.6) is 5.88 Å². The molecule has 122 valence electrons. The molecule has 2 rings (SSSR count). The van der Waals surface area contributed by atoms with Gasteiger partial charge in [-0.1, -0.05) is 6.07 Å². The number of ether oxygens (including phenoxy) is 1. The van der Waals surface area contributed by atoms with Crippen molar-refractivity contribution >= 4 is 15.9 Å². The van der Waals surface area contributed by atoms with E-state index in [1.807, 2.05) is 0 Å². The van der Waals surface area contributed by atoms with E-state index in [-0.39, 0.29) is 18.0 Å². The molecule has 1 aromatic heterocycles. The highest BCUT2D eigenvalue weighted by atomic mass is 32.2. The van der Waals surface area contributed by atoms with Gasteiger partial charge >= 0.3 is 6.18 Å². The Morgan fingerprint density at radius 1 is 1.32 bits per heavy atom. The van der Waals surface area contributed by atoms with Crippen LogP contribution in [-0.4, -0.2) is 48.7 Å². The van der Waals surface area contributed by atoms with Crippen LogP contribution in [0.4, 0.5) is 13.2 Å². The summed E-state index contributed by atoms with van der Waals surface area (Å²) in [6, 6.07) is 3.67. The molecule has 1 aliphatic heterocycles. The molecule has 0 atom stereocenters. The third-order valence-electron chi connectivity index (χ3n) is 2.90. The summed E-state index contributed by atoms with van der Waals surface area (Å²) in [5.74, 6) is -1.39.